The van der Waals surface area contributed by atoms with Crippen molar-refractivity contribution >= 4 is 51.4 Å². The molecule has 3 aromatic rings. The Bertz CT molecular complexity index is 1590. The quantitative estimate of drug-likeness (QED) is 0.0831. The number of carbonyl (C=O) groups excluding carboxylic acids is 4. The molecule has 0 spiro atoms. The van der Waals surface area contributed by atoms with Crippen molar-refractivity contribution < 1.29 is 33.6 Å². The number of hydrogen-bond acceptors (Lipinski definition) is 11. The average Bonchev–Trinajstić information content (AvgIpc) is 3.08. The number of dihydropyridines is 1. The van der Waals surface area contributed by atoms with Gasteiger partial charge in [-0.3, -0.25) is 19.7 Å². The number of nitro benzene ring substituents is 1. The Balaban J connectivity index is 1.43. The van der Waals surface area contributed by atoms with Crippen LogP contribution in [-0.2, 0) is 19.1 Å². The van der Waals surface area contributed by atoms with Crippen LogP contribution in [0.2, 0.25) is 0 Å². The fourth-order valence-corrected chi connectivity index (χ4v) is 6.44. The molecule has 10 nitrogen and oxygen atoms in total. The molecule has 0 fully saturated rings. The van der Waals surface area contributed by atoms with E-state index in [1.165, 1.54) is 18.2 Å². The maximum Gasteiger partial charge on any atom is 0.336 e. The Labute approximate surface area is 281 Å². The molecule has 4 rings (SSSR count). The molecule has 1 N–H and O–H groups in total. The van der Waals surface area contributed by atoms with E-state index >= 15 is 0 Å². The first-order valence-electron chi connectivity index (χ1n) is 14.9. The molecule has 47 heavy (non-hydrogen) atoms. The summed E-state index contributed by atoms with van der Waals surface area (Å²) in [7, 11) is 0. The van der Waals surface area contributed by atoms with Gasteiger partial charge in [0.05, 0.1) is 35.2 Å². The van der Waals surface area contributed by atoms with E-state index in [1.807, 2.05) is 12.1 Å². The molecule has 1 heterocycles. The highest BCUT2D eigenvalue weighted by Gasteiger charge is 2.38. The van der Waals surface area contributed by atoms with Gasteiger partial charge >= 0.3 is 11.9 Å². The van der Waals surface area contributed by atoms with Crippen LogP contribution in [0, 0.1) is 10.1 Å². The number of hydrogen-bond donors (Lipinski definition) is 1. The molecule has 0 aliphatic carbocycles. The smallest absolute Gasteiger partial charge is 0.336 e. The van der Waals surface area contributed by atoms with Gasteiger partial charge in [0, 0.05) is 46.2 Å². The number of ether oxygens (including phenoxy) is 2. The van der Waals surface area contributed by atoms with Gasteiger partial charge in [-0.1, -0.05) is 96.3 Å². The molecule has 1 aliphatic heterocycles. The lowest BCUT2D eigenvalue weighted by atomic mass is 9.80. The molecular weight excluding hydrogens is 641 g/mol. The molecular formula is C35H34N2O8S2. The van der Waals surface area contributed by atoms with Crippen molar-refractivity contribution in [2.75, 3.05) is 24.7 Å². The normalized spacial score (nSPS) is 13.1. The molecule has 3 aromatic carbocycles. The molecule has 0 bridgehead atoms. The number of carbonyl (C=O) groups is 4. The van der Waals surface area contributed by atoms with E-state index in [4.69, 9.17) is 9.47 Å². The van der Waals surface area contributed by atoms with E-state index < -0.39 is 22.8 Å². The van der Waals surface area contributed by atoms with E-state index in [-0.39, 0.29) is 40.3 Å². The first-order valence-corrected chi connectivity index (χ1v) is 16.9. The number of esters is 2. The van der Waals surface area contributed by atoms with E-state index in [1.54, 1.807) is 68.4 Å². The largest absolute Gasteiger partial charge is 0.462 e. The van der Waals surface area contributed by atoms with Crippen LogP contribution in [0.4, 0.5) is 5.69 Å². The third-order valence-electron chi connectivity index (χ3n) is 7.14. The van der Waals surface area contributed by atoms with Crippen molar-refractivity contribution in [3.63, 3.8) is 0 Å². The summed E-state index contributed by atoms with van der Waals surface area (Å²) in [5.41, 5.74) is 2.45. The highest BCUT2D eigenvalue weighted by molar-refractivity contribution is 8.14. The summed E-state index contributed by atoms with van der Waals surface area (Å²) in [6, 6.07) is 23.5. The first kappa shape index (κ1) is 35.2. The molecule has 0 radical (unpaired) electrons. The predicted octanol–water partition coefficient (Wildman–Crippen LogP) is 6.84. The average molecular weight is 675 g/mol. The van der Waals surface area contributed by atoms with Crippen molar-refractivity contribution in [2.24, 2.45) is 0 Å². The fourth-order valence-electron chi connectivity index (χ4n) is 4.93. The van der Waals surface area contributed by atoms with Gasteiger partial charge in [-0.2, -0.15) is 0 Å². The molecule has 0 unspecified atom stereocenters. The number of non-ortho nitro benzene ring substituents is 1. The molecule has 0 aromatic heterocycles. The lowest BCUT2D eigenvalue weighted by Gasteiger charge is -2.30. The van der Waals surface area contributed by atoms with E-state index in [2.05, 4.69) is 5.32 Å². The van der Waals surface area contributed by atoms with Crippen molar-refractivity contribution in [2.45, 2.75) is 32.6 Å². The van der Waals surface area contributed by atoms with Gasteiger partial charge in [0.2, 0.25) is 10.2 Å². The number of nitrogens with zero attached hydrogens (tertiary/aromatic N) is 1. The summed E-state index contributed by atoms with van der Waals surface area (Å²) >= 11 is 2.26. The lowest BCUT2D eigenvalue weighted by Crippen LogP contribution is -2.32. The van der Waals surface area contributed by atoms with Gasteiger partial charge in [0.25, 0.3) is 5.69 Å². The molecule has 12 heteroatoms. The number of nitrogens with one attached hydrogen (secondary N) is 1. The number of rotatable bonds is 14. The Morgan fingerprint density at radius 2 is 1.19 bits per heavy atom. The lowest BCUT2D eigenvalue weighted by molar-refractivity contribution is -0.384. The van der Waals surface area contributed by atoms with Crippen LogP contribution in [0.15, 0.2) is 107 Å². The predicted molar refractivity (Wildman–Crippen MR) is 182 cm³/mol. The van der Waals surface area contributed by atoms with Crippen LogP contribution in [0.25, 0.3) is 0 Å². The standard InChI is InChI=1S/C35H34N2O8S2/c1-23-29(32(38)44-18-10-20-46-34(40)25-12-5-3-6-13-25)31(27-16-9-17-28(22-27)37(42)43)30(24(2)36-23)33(39)45-19-11-21-47-35(41)26-14-7-4-8-15-26/h3-9,12-17,22,31,36H,10-11,18-21H2,1-2H3. The number of nitro groups is 1. The zero-order valence-corrected chi connectivity index (χ0v) is 27.6. The van der Waals surface area contributed by atoms with Gasteiger partial charge in [-0.15, -0.1) is 0 Å². The third-order valence-corrected chi connectivity index (χ3v) is 9.12. The summed E-state index contributed by atoms with van der Waals surface area (Å²) < 4.78 is 11.2. The maximum atomic E-state index is 13.5. The van der Waals surface area contributed by atoms with Crippen LogP contribution < -0.4 is 5.32 Å². The van der Waals surface area contributed by atoms with Gasteiger partial charge < -0.3 is 14.8 Å². The maximum absolute atomic E-state index is 13.5. The Hall–Kier alpha value is -4.68. The number of allylic oxidation sites excluding steroid dienone is 2. The molecule has 0 atom stereocenters. The van der Waals surface area contributed by atoms with Crippen molar-refractivity contribution in [1.82, 2.24) is 5.32 Å². The second-order valence-corrected chi connectivity index (χ2v) is 12.6. The van der Waals surface area contributed by atoms with Gasteiger partial charge in [0.1, 0.15) is 0 Å². The van der Waals surface area contributed by atoms with Crippen LogP contribution in [0.3, 0.4) is 0 Å². The van der Waals surface area contributed by atoms with Gasteiger partial charge in [-0.05, 0) is 32.3 Å². The third kappa shape index (κ3) is 9.66. The Morgan fingerprint density at radius 1 is 0.723 bits per heavy atom. The minimum absolute atomic E-state index is 0.0220. The van der Waals surface area contributed by atoms with E-state index in [9.17, 15) is 29.3 Å². The Morgan fingerprint density at radius 3 is 1.64 bits per heavy atom. The van der Waals surface area contributed by atoms with Gasteiger partial charge in [-0.25, -0.2) is 9.59 Å². The summed E-state index contributed by atoms with van der Waals surface area (Å²) in [5, 5.41) is 14.5. The highest BCUT2D eigenvalue weighted by Crippen LogP contribution is 2.40. The molecule has 1 aliphatic rings. The van der Waals surface area contributed by atoms with Crippen molar-refractivity contribution in [3.05, 3.63) is 134 Å². The fraction of sp³-hybridized carbons (Fsp3) is 0.257. The number of benzene rings is 3. The SMILES string of the molecule is CC1=C(C(=O)OCCCSC(=O)c2ccccc2)C(c2cccc([N+](=O)[O-])c2)C(C(=O)OCCCSC(=O)c2ccccc2)=C(C)N1. The number of thioether (sulfide) groups is 2. The molecule has 0 saturated heterocycles. The van der Waals surface area contributed by atoms with E-state index in [0.29, 0.717) is 52.4 Å². The minimum atomic E-state index is -1.00. The molecule has 244 valence electrons. The first-order chi connectivity index (χ1) is 22.7. The van der Waals surface area contributed by atoms with Crippen LogP contribution in [-0.4, -0.2) is 51.8 Å². The van der Waals surface area contributed by atoms with Gasteiger partial charge in [0.15, 0.2) is 0 Å². The molecule has 0 saturated carbocycles. The summed E-state index contributed by atoms with van der Waals surface area (Å²) in [4.78, 5) is 62.9. The van der Waals surface area contributed by atoms with Crippen LogP contribution in [0.5, 0.6) is 0 Å². The zero-order chi connectivity index (χ0) is 33.8. The monoisotopic (exact) mass is 674 g/mol. The van der Waals surface area contributed by atoms with Crippen molar-refractivity contribution in [3.8, 4) is 0 Å². The molecule has 0 amide bonds. The van der Waals surface area contributed by atoms with Crippen LogP contribution in [0.1, 0.15) is 58.9 Å². The summed E-state index contributed by atoms with van der Waals surface area (Å²) in [6.45, 7) is 3.38. The summed E-state index contributed by atoms with van der Waals surface area (Å²) in [6.07, 6.45) is 0.815. The Kier molecular flexibility index (Phi) is 12.9. The zero-order valence-electron chi connectivity index (χ0n) is 25.9. The minimum Gasteiger partial charge on any atom is -0.462 e. The van der Waals surface area contributed by atoms with Crippen LogP contribution >= 0.6 is 23.5 Å². The second-order valence-electron chi connectivity index (χ2n) is 10.5. The second kappa shape index (κ2) is 17.3. The highest BCUT2D eigenvalue weighted by atomic mass is 32.2. The topological polar surface area (TPSA) is 142 Å². The summed E-state index contributed by atoms with van der Waals surface area (Å²) in [5.74, 6) is -1.53. The van der Waals surface area contributed by atoms with Crippen molar-refractivity contribution in [1.29, 1.82) is 0 Å². The van der Waals surface area contributed by atoms with E-state index in [0.717, 1.165) is 23.5 Å².